The van der Waals surface area contributed by atoms with E-state index in [1.165, 1.54) is 30.3 Å². The van der Waals surface area contributed by atoms with Gasteiger partial charge in [0.25, 0.3) is 5.91 Å². The average Bonchev–Trinajstić information content (AvgIpc) is 2.56. The van der Waals surface area contributed by atoms with E-state index in [0.29, 0.717) is 6.42 Å². The van der Waals surface area contributed by atoms with Crippen molar-refractivity contribution in [1.82, 2.24) is 10.0 Å². The maximum Gasteiger partial charge on any atom is 0.326 e. The molecule has 0 aliphatic heterocycles. The third kappa shape index (κ3) is 5.17. The lowest BCUT2D eigenvalue weighted by Crippen LogP contribution is -2.45. The largest absolute Gasteiger partial charge is 0.480 e. The molecule has 132 valence electrons. The fraction of sp³-hybridized carbons (Fsp3) is 0.375. The number of rotatable bonds is 9. The molecule has 1 rings (SSSR count). The molecule has 0 saturated heterocycles. The van der Waals surface area contributed by atoms with E-state index in [9.17, 15) is 23.1 Å². The summed E-state index contributed by atoms with van der Waals surface area (Å²) in [7, 11) is -3.76. The van der Waals surface area contributed by atoms with Gasteiger partial charge in [0.05, 0.1) is 4.90 Å². The predicted molar refractivity (Wildman–Crippen MR) is 90.2 cm³/mol. The zero-order valence-electron chi connectivity index (χ0n) is 13.7. The molecule has 2 atom stereocenters. The second-order valence-electron chi connectivity index (χ2n) is 5.34. The molecule has 1 aromatic rings. The third-order valence-electron chi connectivity index (χ3n) is 3.59. The van der Waals surface area contributed by atoms with Crippen LogP contribution >= 0.6 is 0 Å². The Bertz CT molecular complexity index is 715. The summed E-state index contributed by atoms with van der Waals surface area (Å²) in [5.41, 5.74) is 0.0750. The van der Waals surface area contributed by atoms with Crippen LogP contribution in [0.4, 0.5) is 0 Å². The Hall–Kier alpha value is -2.19. The number of carbonyl (C=O) groups is 2. The van der Waals surface area contributed by atoms with Crippen molar-refractivity contribution in [2.75, 3.05) is 6.54 Å². The minimum Gasteiger partial charge on any atom is -0.480 e. The summed E-state index contributed by atoms with van der Waals surface area (Å²) in [6, 6.07) is 4.37. The molecular weight excluding hydrogens is 332 g/mol. The van der Waals surface area contributed by atoms with Gasteiger partial charge in [-0.1, -0.05) is 32.4 Å². The second-order valence-corrected chi connectivity index (χ2v) is 7.11. The molecule has 1 amide bonds. The van der Waals surface area contributed by atoms with Crippen molar-refractivity contribution in [3.63, 3.8) is 0 Å². The average molecular weight is 354 g/mol. The lowest BCUT2D eigenvalue weighted by molar-refractivity contribution is -0.140. The summed E-state index contributed by atoms with van der Waals surface area (Å²) >= 11 is 0. The Morgan fingerprint density at radius 1 is 1.38 bits per heavy atom. The molecule has 0 aromatic heterocycles. The number of aliphatic carboxylic acids is 1. The molecule has 0 aliphatic carbocycles. The molecule has 0 heterocycles. The van der Waals surface area contributed by atoms with Gasteiger partial charge in [-0.2, -0.15) is 0 Å². The second kappa shape index (κ2) is 8.60. The van der Waals surface area contributed by atoms with E-state index in [1.54, 1.807) is 6.92 Å². The first-order valence-electron chi connectivity index (χ1n) is 7.47. The van der Waals surface area contributed by atoms with E-state index < -0.39 is 27.9 Å². The van der Waals surface area contributed by atoms with Crippen LogP contribution in [0.2, 0.25) is 0 Å². The first-order valence-corrected chi connectivity index (χ1v) is 8.95. The Morgan fingerprint density at radius 2 is 2.04 bits per heavy atom. The van der Waals surface area contributed by atoms with Crippen LogP contribution in [0, 0.1) is 5.92 Å². The van der Waals surface area contributed by atoms with Crippen LogP contribution in [0.5, 0.6) is 0 Å². The molecule has 0 radical (unpaired) electrons. The highest BCUT2D eigenvalue weighted by molar-refractivity contribution is 7.89. The van der Waals surface area contributed by atoms with Crippen LogP contribution in [0.25, 0.3) is 0 Å². The van der Waals surface area contributed by atoms with Gasteiger partial charge in [-0.25, -0.2) is 17.9 Å². The summed E-state index contributed by atoms with van der Waals surface area (Å²) in [6.45, 7) is 7.04. The lowest BCUT2D eigenvalue weighted by Gasteiger charge is -2.20. The number of carboxylic acid groups (broad SMARTS) is 1. The van der Waals surface area contributed by atoms with Gasteiger partial charge < -0.3 is 10.4 Å². The van der Waals surface area contributed by atoms with Crippen LogP contribution in [0.15, 0.2) is 41.8 Å². The summed E-state index contributed by atoms with van der Waals surface area (Å²) in [6.07, 6.45) is 1.98. The molecule has 0 saturated carbocycles. The zero-order valence-corrected chi connectivity index (χ0v) is 14.5. The highest BCUT2D eigenvalue weighted by Gasteiger charge is 2.26. The van der Waals surface area contributed by atoms with Gasteiger partial charge in [0.1, 0.15) is 6.04 Å². The molecule has 7 nitrogen and oxygen atoms in total. The number of hydrogen-bond donors (Lipinski definition) is 3. The number of sulfonamides is 1. The summed E-state index contributed by atoms with van der Waals surface area (Å²) in [4.78, 5) is 23.5. The van der Waals surface area contributed by atoms with Crippen LogP contribution < -0.4 is 10.0 Å². The van der Waals surface area contributed by atoms with Crippen LogP contribution in [0.1, 0.15) is 30.6 Å². The van der Waals surface area contributed by atoms with E-state index in [4.69, 9.17) is 0 Å². The van der Waals surface area contributed by atoms with E-state index in [2.05, 4.69) is 16.6 Å². The van der Waals surface area contributed by atoms with E-state index in [1.807, 2.05) is 6.92 Å². The molecule has 0 aliphatic rings. The van der Waals surface area contributed by atoms with Crippen molar-refractivity contribution >= 4 is 21.9 Å². The monoisotopic (exact) mass is 354 g/mol. The van der Waals surface area contributed by atoms with Crippen LogP contribution in [0.3, 0.4) is 0 Å². The van der Waals surface area contributed by atoms with E-state index >= 15 is 0 Å². The normalized spacial score (nSPS) is 13.8. The fourth-order valence-electron chi connectivity index (χ4n) is 1.96. The van der Waals surface area contributed by atoms with Crippen molar-refractivity contribution in [1.29, 1.82) is 0 Å². The van der Waals surface area contributed by atoms with Crippen molar-refractivity contribution in [2.24, 2.45) is 5.92 Å². The Morgan fingerprint density at radius 3 is 2.58 bits per heavy atom. The maximum absolute atomic E-state index is 12.3. The van der Waals surface area contributed by atoms with Gasteiger partial charge in [-0.3, -0.25) is 4.79 Å². The number of carbonyl (C=O) groups excluding carboxylic acids is 1. The molecule has 0 spiro atoms. The number of amides is 1. The van der Waals surface area contributed by atoms with E-state index in [0.717, 1.165) is 0 Å². The van der Waals surface area contributed by atoms with Gasteiger partial charge in [-0.05, 0) is 24.1 Å². The smallest absolute Gasteiger partial charge is 0.326 e. The van der Waals surface area contributed by atoms with Crippen LogP contribution in [-0.4, -0.2) is 38.0 Å². The predicted octanol–water partition coefficient (Wildman–Crippen LogP) is 1.38. The minimum absolute atomic E-state index is 0.0634. The number of carboxylic acids is 1. The molecular formula is C16H22N2O5S. The summed E-state index contributed by atoms with van der Waals surface area (Å²) < 4.78 is 26.4. The van der Waals surface area contributed by atoms with Crippen LogP contribution in [-0.2, 0) is 14.8 Å². The van der Waals surface area contributed by atoms with Crippen molar-refractivity contribution in [3.8, 4) is 0 Å². The van der Waals surface area contributed by atoms with Gasteiger partial charge >= 0.3 is 5.97 Å². The van der Waals surface area contributed by atoms with Crippen molar-refractivity contribution in [3.05, 3.63) is 42.5 Å². The first kappa shape index (κ1) is 19.9. The molecule has 0 fully saturated rings. The first-order chi connectivity index (χ1) is 11.2. The Balaban J connectivity index is 3.02. The third-order valence-corrected chi connectivity index (χ3v) is 5.01. The molecule has 3 N–H and O–H groups in total. The molecule has 1 aromatic carbocycles. The number of benzene rings is 1. The SMILES string of the molecule is C=CCNS(=O)(=O)c1cccc(C(=O)N[C@H](C(=O)O)[C@@H](C)CC)c1. The highest BCUT2D eigenvalue weighted by Crippen LogP contribution is 2.13. The van der Waals surface area contributed by atoms with Crippen molar-refractivity contribution in [2.45, 2.75) is 31.2 Å². The topological polar surface area (TPSA) is 113 Å². The zero-order chi connectivity index (χ0) is 18.3. The van der Waals surface area contributed by atoms with Gasteiger partial charge in [0, 0.05) is 12.1 Å². The van der Waals surface area contributed by atoms with Gasteiger partial charge in [0.2, 0.25) is 10.0 Å². The molecule has 0 bridgehead atoms. The highest BCUT2D eigenvalue weighted by atomic mass is 32.2. The molecule has 0 unspecified atom stereocenters. The minimum atomic E-state index is -3.76. The quantitative estimate of drug-likeness (QED) is 0.580. The summed E-state index contributed by atoms with van der Waals surface area (Å²) in [5.74, 6) is -2.02. The fourth-order valence-corrected chi connectivity index (χ4v) is 3.01. The standard InChI is InChI=1S/C16H22N2O5S/c1-4-9-17-24(22,23)13-8-6-7-12(10-13)15(19)18-14(16(20)21)11(3)5-2/h4,6-8,10-11,14,17H,1,5,9H2,2-3H3,(H,18,19)(H,20,21)/t11-,14-/m0/s1. The lowest BCUT2D eigenvalue weighted by atomic mass is 9.99. The molecule has 8 heteroatoms. The number of nitrogens with one attached hydrogen (secondary N) is 2. The van der Waals surface area contributed by atoms with Gasteiger partial charge in [-0.15, -0.1) is 6.58 Å². The van der Waals surface area contributed by atoms with E-state index in [-0.39, 0.29) is 22.9 Å². The summed E-state index contributed by atoms with van der Waals surface area (Å²) in [5, 5.41) is 11.7. The Labute approximate surface area is 141 Å². The van der Waals surface area contributed by atoms with Gasteiger partial charge in [0.15, 0.2) is 0 Å². The maximum atomic E-state index is 12.3. The Kier molecular flexibility index (Phi) is 7.12. The van der Waals surface area contributed by atoms with Crippen molar-refractivity contribution < 1.29 is 23.1 Å². The number of hydrogen-bond acceptors (Lipinski definition) is 4. The molecule has 24 heavy (non-hydrogen) atoms.